The first-order chi connectivity index (χ1) is 5.29. The SMILES string of the molecule is CN1C=C2C=CC=CN2C1N. The van der Waals surface area contributed by atoms with Gasteiger partial charge in [-0.15, -0.1) is 0 Å². The lowest BCUT2D eigenvalue weighted by atomic mass is 10.3. The van der Waals surface area contributed by atoms with Crippen molar-refractivity contribution in [2.45, 2.75) is 6.29 Å². The molecule has 0 aromatic heterocycles. The van der Waals surface area contributed by atoms with Crippen LogP contribution in [0.25, 0.3) is 0 Å². The normalized spacial score (nSPS) is 27.5. The van der Waals surface area contributed by atoms with Gasteiger partial charge in [-0.2, -0.15) is 0 Å². The van der Waals surface area contributed by atoms with E-state index in [1.165, 1.54) is 0 Å². The van der Waals surface area contributed by atoms with E-state index >= 15 is 0 Å². The maximum atomic E-state index is 5.85. The Balaban J connectivity index is 2.32. The molecule has 0 radical (unpaired) electrons. The van der Waals surface area contributed by atoms with E-state index in [1.807, 2.05) is 47.5 Å². The molecule has 2 aliphatic heterocycles. The Morgan fingerprint density at radius 2 is 2.27 bits per heavy atom. The Morgan fingerprint density at radius 1 is 1.45 bits per heavy atom. The van der Waals surface area contributed by atoms with Crippen LogP contribution < -0.4 is 5.73 Å². The fourth-order valence-corrected chi connectivity index (χ4v) is 1.30. The van der Waals surface area contributed by atoms with Crippen LogP contribution in [0.15, 0.2) is 36.3 Å². The molecule has 2 heterocycles. The van der Waals surface area contributed by atoms with E-state index < -0.39 is 0 Å². The quantitative estimate of drug-likeness (QED) is 0.541. The molecule has 2 N–H and O–H groups in total. The van der Waals surface area contributed by atoms with E-state index in [2.05, 4.69) is 0 Å². The van der Waals surface area contributed by atoms with E-state index in [1.54, 1.807) is 0 Å². The summed E-state index contributed by atoms with van der Waals surface area (Å²) in [7, 11) is 1.97. The van der Waals surface area contributed by atoms with Crippen molar-refractivity contribution in [2.75, 3.05) is 7.05 Å². The Labute approximate surface area is 66.1 Å². The summed E-state index contributed by atoms with van der Waals surface area (Å²) in [5.74, 6) is 0. The largest absolute Gasteiger partial charge is 0.346 e. The Morgan fingerprint density at radius 3 is 3.00 bits per heavy atom. The van der Waals surface area contributed by atoms with Crippen molar-refractivity contribution in [3.63, 3.8) is 0 Å². The minimum Gasteiger partial charge on any atom is -0.346 e. The standard InChI is InChI=1S/C8H11N3/c1-10-6-7-4-2-3-5-11(7)8(10)9/h2-6,8H,9H2,1H3. The topological polar surface area (TPSA) is 32.5 Å². The molecule has 11 heavy (non-hydrogen) atoms. The molecule has 0 saturated heterocycles. The molecular weight excluding hydrogens is 138 g/mol. The molecule has 0 amide bonds. The molecule has 3 heteroatoms. The van der Waals surface area contributed by atoms with Crippen molar-refractivity contribution in [3.8, 4) is 0 Å². The van der Waals surface area contributed by atoms with Crippen molar-refractivity contribution in [2.24, 2.45) is 5.73 Å². The molecule has 0 aromatic rings. The lowest BCUT2D eigenvalue weighted by Crippen LogP contribution is -2.42. The van der Waals surface area contributed by atoms with Crippen LogP contribution in [0.5, 0.6) is 0 Å². The highest BCUT2D eigenvalue weighted by molar-refractivity contribution is 5.30. The summed E-state index contributed by atoms with van der Waals surface area (Å²) in [6.45, 7) is 0. The average molecular weight is 149 g/mol. The lowest BCUT2D eigenvalue weighted by Gasteiger charge is -2.26. The van der Waals surface area contributed by atoms with Gasteiger partial charge in [0.2, 0.25) is 0 Å². The molecule has 3 nitrogen and oxygen atoms in total. The van der Waals surface area contributed by atoms with Gasteiger partial charge in [0.1, 0.15) is 0 Å². The second-order valence-corrected chi connectivity index (χ2v) is 2.74. The average Bonchev–Trinajstić information content (AvgIpc) is 2.30. The van der Waals surface area contributed by atoms with Gasteiger partial charge < -0.3 is 9.80 Å². The number of rotatable bonds is 0. The van der Waals surface area contributed by atoms with E-state index in [-0.39, 0.29) is 6.29 Å². The van der Waals surface area contributed by atoms with E-state index in [0.717, 1.165) is 5.70 Å². The number of fused-ring (bicyclic) bond motifs is 1. The minimum atomic E-state index is -0.0359. The van der Waals surface area contributed by atoms with Crippen molar-refractivity contribution >= 4 is 0 Å². The smallest absolute Gasteiger partial charge is 0.158 e. The molecule has 0 saturated carbocycles. The Kier molecular flexibility index (Phi) is 1.26. The highest BCUT2D eigenvalue weighted by atomic mass is 15.4. The molecule has 0 aromatic carbocycles. The highest BCUT2D eigenvalue weighted by Gasteiger charge is 2.23. The maximum absolute atomic E-state index is 5.85. The first kappa shape index (κ1) is 6.49. The lowest BCUT2D eigenvalue weighted by molar-refractivity contribution is 0.226. The fourth-order valence-electron chi connectivity index (χ4n) is 1.30. The third-order valence-corrected chi connectivity index (χ3v) is 1.96. The van der Waals surface area contributed by atoms with E-state index in [4.69, 9.17) is 5.73 Å². The monoisotopic (exact) mass is 149 g/mol. The van der Waals surface area contributed by atoms with E-state index in [0.29, 0.717) is 0 Å². The van der Waals surface area contributed by atoms with Crippen LogP contribution in [0, 0.1) is 0 Å². The Hall–Kier alpha value is -1.22. The summed E-state index contributed by atoms with van der Waals surface area (Å²) in [4.78, 5) is 4.01. The summed E-state index contributed by atoms with van der Waals surface area (Å²) in [6.07, 6.45) is 10.0. The molecule has 58 valence electrons. The first-order valence-corrected chi connectivity index (χ1v) is 3.61. The number of nitrogens with zero attached hydrogens (tertiary/aromatic N) is 2. The number of hydrogen-bond donors (Lipinski definition) is 1. The van der Waals surface area contributed by atoms with Gasteiger partial charge in [-0.05, 0) is 12.2 Å². The number of hydrogen-bond acceptors (Lipinski definition) is 3. The number of nitrogens with two attached hydrogens (primary N) is 1. The van der Waals surface area contributed by atoms with Crippen molar-refractivity contribution < 1.29 is 0 Å². The summed E-state index contributed by atoms with van der Waals surface area (Å²) in [5, 5.41) is 0. The van der Waals surface area contributed by atoms with Crippen LogP contribution in [0.2, 0.25) is 0 Å². The predicted octanol–water partition coefficient (Wildman–Crippen LogP) is 0.401. The second kappa shape index (κ2) is 2.13. The van der Waals surface area contributed by atoms with Crippen LogP contribution >= 0.6 is 0 Å². The Bertz CT molecular complexity index is 252. The number of allylic oxidation sites excluding steroid dienone is 3. The first-order valence-electron chi connectivity index (χ1n) is 3.61. The maximum Gasteiger partial charge on any atom is 0.158 e. The van der Waals surface area contributed by atoms with Crippen LogP contribution in [0.4, 0.5) is 0 Å². The summed E-state index contributed by atoms with van der Waals surface area (Å²) < 4.78 is 0. The molecule has 0 fully saturated rings. The highest BCUT2D eigenvalue weighted by Crippen LogP contribution is 2.21. The zero-order valence-electron chi connectivity index (χ0n) is 6.44. The molecule has 0 bridgehead atoms. The van der Waals surface area contributed by atoms with Gasteiger partial charge in [-0.25, -0.2) is 0 Å². The van der Waals surface area contributed by atoms with Gasteiger partial charge >= 0.3 is 0 Å². The van der Waals surface area contributed by atoms with Crippen LogP contribution in [-0.4, -0.2) is 23.1 Å². The molecule has 2 rings (SSSR count). The zero-order chi connectivity index (χ0) is 7.84. The van der Waals surface area contributed by atoms with E-state index in [9.17, 15) is 0 Å². The van der Waals surface area contributed by atoms with Gasteiger partial charge in [0.05, 0.1) is 5.70 Å². The van der Waals surface area contributed by atoms with Crippen LogP contribution in [0.3, 0.4) is 0 Å². The molecule has 2 aliphatic rings. The third-order valence-electron chi connectivity index (χ3n) is 1.96. The van der Waals surface area contributed by atoms with Gasteiger partial charge in [-0.3, -0.25) is 5.73 Å². The van der Waals surface area contributed by atoms with Crippen molar-refractivity contribution in [1.82, 2.24) is 9.80 Å². The zero-order valence-corrected chi connectivity index (χ0v) is 6.44. The fraction of sp³-hybridized carbons (Fsp3) is 0.250. The predicted molar refractivity (Wildman–Crippen MR) is 43.9 cm³/mol. The van der Waals surface area contributed by atoms with Crippen LogP contribution in [-0.2, 0) is 0 Å². The molecular formula is C8H11N3. The van der Waals surface area contributed by atoms with Gasteiger partial charge in [0.15, 0.2) is 6.29 Å². The molecule has 1 atom stereocenters. The molecule has 0 aliphatic carbocycles. The summed E-state index contributed by atoms with van der Waals surface area (Å²) in [6, 6.07) is 0. The van der Waals surface area contributed by atoms with Gasteiger partial charge in [-0.1, -0.05) is 6.08 Å². The third kappa shape index (κ3) is 0.851. The minimum absolute atomic E-state index is 0.0359. The molecule has 1 unspecified atom stereocenters. The second-order valence-electron chi connectivity index (χ2n) is 2.74. The van der Waals surface area contributed by atoms with Gasteiger partial charge in [0.25, 0.3) is 0 Å². The summed E-state index contributed by atoms with van der Waals surface area (Å²) in [5.41, 5.74) is 7.00. The van der Waals surface area contributed by atoms with Gasteiger partial charge in [0, 0.05) is 19.4 Å². The molecule has 0 spiro atoms. The summed E-state index contributed by atoms with van der Waals surface area (Å²) >= 11 is 0. The van der Waals surface area contributed by atoms with Crippen molar-refractivity contribution in [1.29, 1.82) is 0 Å². The van der Waals surface area contributed by atoms with Crippen molar-refractivity contribution in [3.05, 3.63) is 36.3 Å². The van der Waals surface area contributed by atoms with Crippen LogP contribution in [0.1, 0.15) is 0 Å².